The van der Waals surface area contributed by atoms with Gasteiger partial charge in [0.2, 0.25) is 0 Å². The Hall–Kier alpha value is -3.26. The third kappa shape index (κ3) is 3.23. The molecule has 1 saturated heterocycles. The zero-order chi connectivity index (χ0) is 22.7. The van der Waals surface area contributed by atoms with Crippen molar-refractivity contribution in [3.8, 4) is 5.69 Å². The highest BCUT2D eigenvalue weighted by Gasteiger charge is 2.40. The molecule has 1 unspecified atom stereocenters. The maximum Gasteiger partial charge on any atom is 0.306 e. The van der Waals surface area contributed by atoms with E-state index in [4.69, 9.17) is 4.74 Å². The average molecular weight is 451 g/mol. The van der Waals surface area contributed by atoms with Crippen molar-refractivity contribution in [1.82, 2.24) is 14.8 Å². The first-order valence-electron chi connectivity index (χ1n) is 11.3. The number of halogens is 2. The summed E-state index contributed by atoms with van der Waals surface area (Å²) in [5, 5.41) is 18.5. The van der Waals surface area contributed by atoms with Gasteiger partial charge in [-0.15, -0.1) is 0 Å². The van der Waals surface area contributed by atoms with E-state index in [9.17, 15) is 18.7 Å². The number of ether oxygens (including phenoxy) is 1. The maximum absolute atomic E-state index is 14.3. The van der Waals surface area contributed by atoms with Gasteiger partial charge in [-0.05, 0) is 61.4 Å². The molecule has 1 atom stereocenters. The van der Waals surface area contributed by atoms with Crippen molar-refractivity contribution in [3.05, 3.63) is 59.4 Å². The summed E-state index contributed by atoms with van der Waals surface area (Å²) < 4.78 is 36.0. The molecule has 0 bridgehead atoms. The molecule has 0 radical (unpaired) electrons. The highest BCUT2D eigenvalue weighted by Crippen LogP contribution is 2.50. The number of carboxylic acids is 1. The van der Waals surface area contributed by atoms with Gasteiger partial charge in [0.1, 0.15) is 0 Å². The summed E-state index contributed by atoms with van der Waals surface area (Å²) in [6, 6.07) is 8.03. The number of aromatic amines is 1. The predicted octanol–water partition coefficient (Wildman–Crippen LogP) is 5.26. The topological polar surface area (TPSA) is 80.1 Å². The lowest BCUT2D eigenvalue weighted by Gasteiger charge is -2.35. The highest BCUT2D eigenvalue weighted by molar-refractivity contribution is 5.99. The second-order valence-electron chi connectivity index (χ2n) is 9.18. The van der Waals surface area contributed by atoms with Crippen molar-refractivity contribution in [2.75, 3.05) is 13.2 Å². The van der Waals surface area contributed by atoms with Crippen LogP contribution in [0.25, 0.3) is 27.5 Å². The third-order valence-corrected chi connectivity index (χ3v) is 7.21. The molecule has 2 fully saturated rings. The molecule has 6 rings (SSSR count). The average Bonchev–Trinajstić information content (AvgIpc) is 3.36. The number of fused-ring (bicyclic) bond motifs is 2. The first kappa shape index (κ1) is 20.4. The molecule has 3 heterocycles. The molecule has 2 aromatic carbocycles. The zero-order valence-corrected chi connectivity index (χ0v) is 17.9. The predicted molar refractivity (Wildman–Crippen MR) is 119 cm³/mol. The van der Waals surface area contributed by atoms with Crippen LogP contribution in [0.5, 0.6) is 0 Å². The first-order valence-corrected chi connectivity index (χ1v) is 11.3. The Morgan fingerprint density at radius 3 is 2.73 bits per heavy atom. The number of rotatable bonds is 4. The van der Waals surface area contributed by atoms with E-state index in [1.165, 1.54) is 6.07 Å². The maximum atomic E-state index is 14.3. The van der Waals surface area contributed by atoms with E-state index in [1.54, 1.807) is 12.3 Å². The van der Waals surface area contributed by atoms with Crippen LogP contribution < -0.4 is 0 Å². The van der Waals surface area contributed by atoms with Crippen LogP contribution >= 0.6 is 0 Å². The molecule has 2 aromatic heterocycles. The van der Waals surface area contributed by atoms with E-state index in [-0.39, 0.29) is 17.8 Å². The molecule has 2 aliphatic rings. The molecule has 2 N–H and O–H groups in total. The summed E-state index contributed by atoms with van der Waals surface area (Å²) in [5.41, 5.74) is 4.42. The van der Waals surface area contributed by atoms with Crippen LogP contribution in [0.4, 0.5) is 8.78 Å². The van der Waals surface area contributed by atoms with E-state index < -0.39 is 17.6 Å². The molecule has 0 spiro atoms. The van der Waals surface area contributed by atoms with Gasteiger partial charge in [-0.25, -0.2) is 8.78 Å². The fraction of sp³-hybridized carbons (Fsp3) is 0.360. The fourth-order valence-electron chi connectivity index (χ4n) is 5.51. The normalized spacial score (nSPS) is 23.2. The zero-order valence-electron chi connectivity index (χ0n) is 17.9. The van der Waals surface area contributed by atoms with E-state index in [0.717, 1.165) is 52.0 Å². The Labute approximate surface area is 188 Å². The summed E-state index contributed by atoms with van der Waals surface area (Å²) >= 11 is 0. The SMILES string of the molecule is O=C(O)C1CC(c2c(C3CCCOC3)n(-c3ccc(F)c(F)c3)c3cc4cn[nH]c4cc23)C1. The fourth-order valence-corrected chi connectivity index (χ4v) is 5.51. The summed E-state index contributed by atoms with van der Waals surface area (Å²) in [4.78, 5) is 11.5. The minimum atomic E-state index is -0.902. The van der Waals surface area contributed by atoms with Crippen LogP contribution in [0, 0.1) is 17.6 Å². The van der Waals surface area contributed by atoms with Crippen molar-refractivity contribution in [2.45, 2.75) is 37.5 Å². The van der Waals surface area contributed by atoms with E-state index in [2.05, 4.69) is 10.2 Å². The molecule has 33 heavy (non-hydrogen) atoms. The molecule has 6 nitrogen and oxygen atoms in total. The molecule has 1 aliphatic carbocycles. The Morgan fingerprint density at radius 2 is 2.00 bits per heavy atom. The Bertz CT molecular complexity index is 1380. The van der Waals surface area contributed by atoms with Crippen molar-refractivity contribution < 1.29 is 23.4 Å². The lowest BCUT2D eigenvalue weighted by molar-refractivity contribution is -0.145. The van der Waals surface area contributed by atoms with Crippen LogP contribution in [0.3, 0.4) is 0 Å². The number of aromatic nitrogens is 3. The molecule has 8 heteroatoms. The van der Waals surface area contributed by atoms with Crippen molar-refractivity contribution in [3.63, 3.8) is 0 Å². The number of nitrogens with zero attached hydrogens (tertiary/aromatic N) is 2. The number of benzene rings is 2. The van der Waals surface area contributed by atoms with Gasteiger partial charge in [0, 0.05) is 40.7 Å². The molecule has 1 saturated carbocycles. The van der Waals surface area contributed by atoms with Crippen LogP contribution in [0.2, 0.25) is 0 Å². The molecule has 1 aliphatic heterocycles. The number of carbonyl (C=O) groups is 1. The number of H-pyrrole nitrogens is 1. The van der Waals surface area contributed by atoms with Crippen molar-refractivity contribution in [1.29, 1.82) is 0 Å². The number of aliphatic carboxylic acids is 1. The lowest BCUT2D eigenvalue weighted by atomic mass is 9.69. The summed E-state index contributed by atoms with van der Waals surface area (Å²) in [6.45, 7) is 1.25. The van der Waals surface area contributed by atoms with Gasteiger partial charge in [-0.2, -0.15) is 5.10 Å². The van der Waals surface area contributed by atoms with Crippen LogP contribution in [-0.4, -0.2) is 39.1 Å². The van der Waals surface area contributed by atoms with Gasteiger partial charge < -0.3 is 14.4 Å². The van der Waals surface area contributed by atoms with E-state index in [1.807, 2.05) is 16.7 Å². The Kier molecular flexibility index (Phi) is 4.72. The van der Waals surface area contributed by atoms with Crippen molar-refractivity contribution >= 4 is 27.8 Å². The van der Waals surface area contributed by atoms with Crippen molar-refractivity contribution in [2.24, 2.45) is 5.92 Å². The van der Waals surface area contributed by atoms with Gasteiger partial charge in [0.05, 0.1) is 29.8 Å². The summed E-state index contributed by atoms with van der Waals surface area (Å²) in [6.07, 6.45) is 4.70. The number of hydrogen-bond donors (Lipinski definition) is 2. The standard InChI is InChI=1S/C25H23F2N3O3/c26-19-4-3-17(9-20(19)27)30-22-8-16-11-28-29-21(16)10-18(22)23(14-6-15(7-14)25(31)32)24(30)13-2-1-5-33-12-13/h3-4,8-11,13-15H,1-2,5-7,12H2,(H,28,29)(H,31,32). The summed E-state index contributed by atoms with van der Waals surface area (Å²) in [5.74, 6) is -2.76. The van der Waals surface area contributed by atoms with Gasteiger partial charge in [-0.3, -0.25) is 9.89 Å². The Morgan fingerprint density at radius 1 is 1.15 bits per heavy atom. The van der Waals surface area contributed by atoms with Gasteiger partial charge in [-0.1, -0.05) is 0 Å². The largest absolute Gasteiger partial charge is 0.481 e. The third-order valence-electron chi connectivity index (χ3n) is 7.21. The molecule has 170 valence electrons. The number of carboxylic acid groups (broad SMARTS) is 1. The van der Waals surface area contributed by atoms with Gasteiger partial charge >= 0.3 is 5.97 Å². The Balaban J connectivity index is 1.65. The quantitative estimate of drug-likeness (QED) is 0.444. The van der Waals surface area contributed by atoms with Crippen LogP contribution in [0.15, 0.2) is 36.5 Å². The lowest BCUT2D eigenvalue weighted by Crippen LogP contribution is -2.30. The monoisotopic (exact) mass is 451 g/mol. The van der Waals surface area contributed by atoms with Crippen LogP contribution in [0.1, 0.15) is 48.8 Å². The second kappa shape index (κ2) is 7.66. The van der Waals surface area contributed by atoms with E-state index in [0.29, 0.717) is 31.7 Å². The molecule has 0 amide bonds. The van der Waals surface area contributed by atoms with Crippen LogP contribution in [-0.2, 0) is 9.53 Å². The number of hydrogen-bond acceptors (Lipinski definition) is 3. The second-order valence-corrected chi connectivity index (χ2v) is 9.18. The minimum Gasteiger partial charge on any atom is -0.481 e. The smallest absolute Gasteiger partial charge is 0.306 e. The molecule has 4 aromatic rings. The molecular weight excluding hydrogens is 428 g/mol. The number of nitrogens with one attached hydrogen (secondary N) is 1. The van der Waals surface area contributed by atoms with Gasteiger partial charge in [0.25, 0.3) is 0 Å². The van der Waals surface area contributed by atoms with Gasteiger partial charge in [0.15, 0.2) is 11.6 Å². The molecular formula is C25H23F2N3O3. The minimum absolute atomic E-state index is 0.0783. The summed E-state index contributed by atoms with van der Waals surface area (Å²) in [7, 11) is 0. The highest BCUT2D eigenvalue weighted by atomic mass is 19.2. The van der Waals surface area contributed by atoms with E-state index >= 15 is 0 Å². The first-order chi connectivity index (χ1) is 16.0.